The van der Waals surface area contributed by atoms with Crippen molar-refractivity contribution in [3.8, 4) is 17.4 Å². The molecule has 0 aliphatic carbocycles. The average Bonchev–Trinajstić information content (AvgIpc) is 3.11. The number of rotatable bonds is 3. The summed E-state index contributed by atoms with van der Waals surface area (Å²) < 4.78 is 42.8. The monoisotopic (exact) mass is 370 g/mol. The molecular formula is C18H11F3N5O-. The van der Waals surface area contributed by atoms with Gasteiger partial charge in [-0.2, -0.15) is 0 Å². The summed E-state index contributed by atoms with van der Waals surface area (Å²) in [6.45, 7) is 1.47. The Balaban J connectivity index is 1.84. The topological polar surface area (TPSA) is 79.0 Å². The lowest BCUT2D eigenvalue weighted by Crippen LogP contribution is -2.06. The van der Waals surface area contributed by atoms with Crippen molar-refractivity contribution < 1.29 is 18.3 Å². The molecule has 0 bridgehead atoms. The number of fused-ring (bicyclic) bond motifs is 1. The lowest BCUT2D eigenvalue weighted by Gasteiger charge is -2.10. The van der Waals surface area contributed by atoms with Crippen LogP contribution in [0.2, 0.25) is 0 Å². The summed E-state index contributed by atoms with van der Waals surface area (Å²) in [6.07, 6.45) is 5.38. The van der Waals surface area contributed by atoms with Gasteiger partial charge >= 0.3 is 0 Å². The smallest absolute Gasteiger partial charge is 0.179 e. The van der Waals surface area contributed by atoms with E-state index in [-0.39, 0.29) is 29.1 Å². The molecule has 27 heavy (non-hydrogen) atoms. The molecule has 0 radical (unpaired) electrons. The number of nitrogens with zero attached hydrogens (tertiary/aromatic N) is 5. The molecule has 0 unspecified atom stereocenters. The fourth-order valence-corrected chi connectivity index (χ4v) is 2.70. The highest BCUT2D eigenvalue weighted by Gasteiger charge is 2.15. The molecule has 0 aliphatic heterocycles. The van der Waals surface area contributed by atoms with Gasteiger partial charge in [0.25, 0.3) is 0 Å². The predicted molar refractivity (Wildman–Crippen MR) is 87.3 cm³/mol. The maximum absolute atomic E-state index is 14.2. The third-order valence-corrected chi connectivity index (χ3v) is 4.07. The van der Waals surface area contributed by atoms with E-state index in [9.17, 15) is 18.3 Å². The van der Waals surface area contributed by atoms with E-state index in [4.69, 9.17) is 0 Å². The number of imidazole rings is 1. The van der Waals surface area contributed by atoms with E-state index in [0.29, 0.717) is 11.3 Å². The molecule has 0 saturated heterocycles. The second-order valence-electron chi connectivity index (χ2n) is 5.95. The minimum Gasteiger partial charge on any atom is -0.856 e. The Morgan fingerprint density at radius 2 is 1.85 bits per heavy atom. The Morgan fingerprint density at radius 3 is 2.63 bits per heavy atom. The summed E-state index contributed by atoms with van der Waals surface area (Å²) in [4.78, 5) is 15.8. The van der Waals surface area contributed by atoms with Gasteiger partial charge in [-0.05, 0) is 30.2 Å². The molecule has 4 aromatic rings. The molecule has 0 N–H and O–H groups in total. The third-order valence-electron chi connectivity index (χ3n) is 4.07. The van der Waals surface area contributed by atoms with Crippen molar-refractivity contribution in [3.63, 3.8) is 0 Å². The highest BCUT2D eigenvalue weighted by Crippen LogP contribution is 2.22. The van der Waals surface area contributed by atoms with Gasteiger partial charge in [-0.15, -0.1) is 0 Å². The number of hydrogen-bond donors (Lipinski definition) is 0. The molecule has 3 aromatic heterocycles. The largest absolute Gasteiger partial charge is 0.856 e. The van der Waals surface area contributed by atoms with Crippen molar-refractivity contribution in [1.29, 1.82) is 0 Å². The second kappa shape index (κ2) is 6.35. The molecule has 1 aromatic carbocycles. The maximum Gasteiger partial charge on any atom is 0.179 e. The predicted octanol–water partition coefficient (Wildman–Crippen LogP) is 2.58. The summed E-state index contributed by atoms with van der Waals surface area (Å²) in [6, 6.07) is 2.23. The van der Waals surface area contributed by atoms with Gasteiger partial charge in [-0.1, -0.05) is 0 Å². The molecule has 0 atom stereocenters. The van der Waals surface area contributed by atoms with E-state index in [0.717, 1.165) is 18.3 Å². The highest BCUT2D eigenvalue weighted by atomic mass is 19.1. The maximum atomic E-state index is 14.2. The van der Waals surface area contributed by atoms with Gasteiger partial charge in [-0.3, -0.25) is 0 Å². The van der Waals surface area contributed by atoms with E-state index in [1.165, 1.54) is 19.3 Å². The first-order valence-corrected chi connectivity index (χ1v) is 7.89. The van der Waals surface area contributed by atoms with Gasteiger partial charge < -0.3 is 9.51 Å². The molecule has 0 aliphatic rings. The Labute approximate surface area is 151 Å². The van der Waals surface area contributed by atoms with Crippen LogP contribution in [0.5, 0.6) is 5.88 Å². The Morgan fingerprint density at radius 1 is 1.04 bits per heavy atom. The van der Waals surface area contributed by atoms with Crippen molar-refractivity contribution in [2.24, 2.45) is 0 Å². The van der Waals surface area contributed by atoms with Crippen LogP contribution in [0.15, 0.2) is 36.9 Å². The molecule has 6 nitrogen and oxygen atoms in total. The van der Waals surface area contributed by atoms with E-state index in [2.05, 4.69) is 19.9 Å². The third kappa shape index (κ3) is 3.07. The van der Waals surface area contributed by atoms with Gasteiger partial charge in [0, 0.05) is 30.9 Å². The van der Waals surface area contributed by atoms with Crippen LogP contribution in [-0.4, -0.2) is 24.3 Å². The average molecular weight is 370 g/mol. The second-order valence-corrected chi connectivity index (χ2v) is 5.95. The minimum absolute atomic E-state index is 0.0389. The van der Waals surface area contributed by atoms with Crippen molar-refractivity contribution in [1.82, 2.24) is 24.3 Å². The van der Waals surface area contributed by atoms with Crippen molar-refractivity contribution in [3.05, 3.63) is 71.2 Å². The van der Waals surface area contributed by atoms with Crippen molar-refractivity contribution in [2.75, 3.05) is 0 Å². The molecule has 0 amide bonds. The number of hydrogen-bond acceptors (Lipinski definition) is 5. The molecule has 136 valence electrons. The molecule has 0 fully saturated rings. The number of aryl methyl sites for hydroxylation is 1. The van der Waals surface area contributed by atoms with Gasteiger partial charge in [0.05, 0.1) is 11.9 Å². The van der Waals surface area contributed by atoms with Crippen LogP contribution in [0.3, 0.4) is 0 Å². The van der Waals surface area contributed by atoms with Gasteiger partial charge in [0.2, 0.25) is 0 Å². The first-order chi connectivity index (χ1) is 12.9. The Kier molecular flexibility index (Phi) is 3.98. The lowest BCUT2D eigenvalue weighted by molar-refractivity contribution is -0.279. The first kappa shape index (κ1) is 17.0. The number of benzene rings is 1. The standard InChI is InChI=1S/C18H12F3N5O/c1-9-4-12(20)10(5-11(9)19)6-14-17-22-2-3-26(17)8-15(24-14)16-23-7-13(21)18(27)25-16/h2-5,7-8H,6H2,1H3,(H,23,25,27)/p-1. The lowest BCUT2D eigenvalue weighted by atomic mass is 10.1. The normalized spacial score (nSPS) is 11.3. The van der Waals surface area contributed by atoms with Crippen LogP contribution in [0.1, 0.15) is 16.8 Å². The fraction of sp³-hybridized carbons (Fsp3) is 0.111. The number of halogens is 3. The minimum atomic E-state index is -1.07. The zero-order valence-electron chi connectivity index (χ0n) is 13.9. The van der Waals surface area contributed by atoms with Gasteiger partial charge in [0.15, 0.2) is 17.3 Å². The molecule has 0 saturated carbocycles. The summed E-state index contributed by atoms with van der Waals surface area (Å²) in [5, 5.41) is 11.5. The summed E-state index contributed by atoms with van der Waals surface area (Å²) >= 11 is 0. The van der Waals surface area contributed by atoms with Crippen LogP contribution < -0.4 is 5.11 Å². The molecule has 9 heteroatoms. The van der Waals surface area contributed by atoms with Crippen molar-refractivity contribution in [2.45, 2.75) is 13.3 Å². The fourth-order valence-electron chi connectivity index (χ4n) is 2.70. The molecular weight excluding hydrogens is 359 g/mol. The SMILES string of the molecule is Cc1cc(F)c(Cc2nc(-c3ncc(F)c([O-])n3)cn3ccnc23)cc1F. The van der Waals surface area contributed by atoms with Crippen molar-refractivity contribution >= 4 is 5.65 Å². The Hall–Kier alpha value is -3.49. The highest BCUT2D eigenvalue weighted by molar-refractivity contribution is 5.55. The Bertz CT molecular complexity index is 1180. The summed E-state index contributed by atoms with van der Waals surface area (Å²) in [7, 11) is 0. The van der Waals surface area contributed by atoms with E-state index in [1.54, 1.807) is 10.6 Å². The van der Waals surface area contributed by atoms with Crippen LogP contribution in [0.4, 0.5) is 13.2 Å². The zero-order chi connectivity index (χ0) is 19.1. The van der Waals surface area contributed by atoms with E-state index < -0.39 is 23.3 Å². The van der Waals surface area contributed by atoms with E-state index >= 15 is 0 Å². The van der Waals surface area contributed by atoms with Crippen LogP contribution in [0.25, 0.3) is 17.2 Å². The quantitative estimate of drug-likeness (QED) is 0.554. The van der Waals surface area contributed by atoms with Crippen LogP contribution >= 0.6 is 0 Å². The van der Waals surface area contributed by atoms with Crippen LogP contribution in [-0.2, 0) is 6.42 Å². The molecule has 4 rings (SSSR count). The van der Waals surface area contributed by atoms with Gasteiger partial charge in [-0.25, -0.2) is 33.1 Å². The zero-order valence-corrected chi connectivity index (χ0v) is 13.9. The van der Waals surface area contributed by atoms with Crippen LogP contribution in [0, 0.1) is 24.4 Å². The number of aromatic nitrogens is 5. The summed E-state index contributed by atoms with van der Waals surface area (Å²) in [5.74, 6) is -3.29. The van der Waals surface area contributed by atoms with E-state index in [1.807, 2.05) is 0 Å². The van der Waals surface area contributed by atoms with Gasteiger partial charge in [0.1, 0.15) is 17.3 Å². The first-order valence-electron chi connectivity index (χ1n) is 7.89. The molecule has 3 heterocycles. The summed E-state index contributed by atoms with van der Waals surface area (Å²) in [5.41, 5.74) is 1.26. The molecule has 0 spiro atoms.